The molecule has 1 aliphatic heterocycles. The van der Waals surface area contributed by atoms with Crippen molar-refractivity contribution in [2.45, 2.75) is 40.4 Å². The molecule has 3 rings (SSSR count). The van der Waals surface area contributed by atoms with Crippen LogP contribution in [0, 0.1) is 6.92 Å². The number of nitrogens with zero attached hydrogens (tertiary/aromatic N) is 5. The summed E-state index contributed by atoms with van der Waals surface area (Å²) in [6, 6.07) is 8.94. The van der Waals surface area contributed by atoms with Gasteiger partial charge in [0.25, 0.3) is 0 Å². The van der Waals surface area contributed by atoms with Gasteiger partial charge in [0, 0.05) is 51.7 Å². The van der Waals surface area contributed by atoms with Crippen molar-refractivity contribution < 1.29 is 0 Å². The summed E-state index contributed by atoms with van der Waals surface area (Å²) in [5, 5.41) is 6.62. The smallest absolute Gasteiger partial charge is 0.194 e. The van der Waals surface area contributed by atoms with Crippen LogP contribution < -0.4 is 5.32 Å². The highest BCUT2D eigenvalue weighted by Gasteiger charge is 2.15. The van der Waals surface area contributed by atoms with Gasteiger partial charge in [-0.25, -0.2) is 9.98 Å². The fourth-order valence-electron chi connectivity index (χ4n) is 3.71. The Balaban J connectivity index is 0.00000341. The largest absolute Gasteiger partial charge is 0.357 e. The lowest BCUT2D eigenvalue weighted by Crippen LogP contribution is -2.45. The standard InChI is InChI=1S/C23H36N6S.HI/c1-5-24-23(27(4)17-22-18-30-19(3)26-22)25-15-20-7-9-21(10-8-20)16-29-13-11-28(6-2)12-14-29;/h7-10,18H,5-6,11-17H2,1-4H3,(H,24,25);1H. The van der Waals surface area contributed by atoms with Crippen LogP contribution in [0.5, 0.6) is 0 Å². The summed E-state index contributed by atoms with van der Waals surface area (Å²) in [6.45, 7) is 15.6. The molecule has 1 aliphatic rings. The Morgan fingerprint density at radius 1 is 1.10 bits per heavy atom. The van der Waals surface area contributed by atoms with E-state index in [1.54, 1.807) is 11.3 Å². The molecule has 0 bridgehead atoms. The van der Waals surface area contributed by atoms with Crippen LogP contribution in [0.1, 0.15) is 35.7 Å². The number of thiazole rings is 1. The lowest BCUT2D eigenvalue weighted by atomic mass is 10.1. The highest BCUT2D eigenvalue weighted by Crippen LogP contribution is 2.12. The Hall–Kier alpha value is -1.23. The third-order valence-corrected chi connectivity index (χ3v) is 6.34. The van der Waals surface area contributed by atoms with Gasteiger partial charge < -0.3 is 15.1 Å². The minimum Gasteiger partial charge on any atom is -0.357 e. The van der Waals surface area contributed by atoms with Gasteiger partial charge in [0.15, 0.2) is 5.96 Å². The number of aryl methyl sites for hydroxylation is 1. The molecule has 2 aromatic rings. The van der Waals surface area contributed by atoms with Crippen LogP contribution in [0.4, 0.5) is 0 Å². The molecule has 31 heavy (non-hydrogen) atoms. The van der Waals surface area contributed by atoms with E-state index in [2.05, 4.69) is 75.5 Å². The van der Waals surface area contributed by atoms with E-state index in [1.165, 1.54) is 24.2 Å². The van der Waals surface area contributed by atoms with E-state index >= 15 is 0 Å². The Kier molecular flexibility index (Phi) is 11.2. The first kappa shape index (κ1) is 26.0. The normalized spacial score (nSPS) is 15.5. The predicted molar refractivity (Wildman–Crippen MR) is 142 cm³/mol. The molecule has 172 valence electrons. The molecule has 0 amide bonds. The monoisotopic (exact) mass is 556 g/mol. The molecule has 1 saturated heterocycles. The van der Waals surface area contributed by atoms with E-state index in [-0.39, 0.29) is 24.0 Å². The molecular formula is C23H37IN6S. The molecule has 0 spiro atoms. The van der Waals surface area contributed by atoms with Crippen LogP contribution in [-0.2, 0) is 19.6 Å². The highest BCUT2D eigenvalue weighted by atomic mass is 127. The summed E-state index contributed by atoms with van der Waals surface area (Å²) in [6.07, 6.45) is 0. The van der Waals surface area contributed by atoms with Gasteiger partial charge >= 0.3 is 0 Å². The first-order chi connectivity index (χ1) is 14.6. The summed E-state index contributed by atoms with van der Waals surface area (Å²) < 4.78 is 0. The van der Waals surface area contributed by atoms with Crippen LogP contribution in [0.3, 0.4) is 0 Å². The Bertz CT molecular complexity index is 799. The molecule has 0 aliphatic carbocycles. The maximum atomic E-state index is 4.84. The maximum absolute atomic E-state index is 4.84. The first-order valence-electron chi connectivity index (χ1n) is 11.0. The predicted octanol–water partition coefficient (Wildman–Crippen LogP) is 3.80. The zero-order valence-electron chi connectivity index (χ0n) is 19.3. The number of aliphatic imine (C=N–C) groups is 1. The van der Waals surface area contributed by atoms with Gasteiger partial charge in [-0.05, 0) is 31.5 Å². The zero-order valence-corrected chi connectivity index (χ0v) is 22.5. The molecule has 0 unspecified atom stereocenters. The third-order valence-electron chi connectivity index (χ3n) is 5.51. The number of aromatic nitrogens is 1. The summed E-state index contributed by atoms with van der Waals surface area (Å²) in [5.74, 6) is 0.918. The van der Waals surface area contributed by atoms with Crippen LogP contribution >= 0.6 is 35.3 Å². The van der Waals surface area contributed by atoms with Gasteiger partial charge in [-0.1, -0.05) is 31.2 Å². The van der Waals surface area contributed by atoms with Gasteiger partial charge in [0.1, 0.15) is 0 Å². The van der Waals surface area contributed by atoms with Crippen molar-refractivity contribution in [3.8, 4) is 0 Å². The average Bonchev–Trinajstić information content (AvgIpc) is 3.17. The number of likely N-dealkylation sites (N-methyl/N-ethyl adjacent to an activating group) is 1. The van der Waals surface area contributed by atoms with Crippen molar-refractivity contribution in [3.05, 3.63) is 51.5 Å². The van der Waals surface area contributed by atoms with Crippen LogP contribution in [0.2, 0.25) is 0 Å². The topological polar surface area (TPSA) is 47.0 Å². The van der Waals surface area contributed by atoms with Crippen molar-refractivity contribution in [1.29, 1.82) is 0 Å². The van der Waals surface area contributed by atoms with Gasteiger partial charge in [0.05, 0.1) is 23.8 Å². The lowest BCUT2D eigenvalue weighted by molar-refractivity contribution is 0.132. The van der Waals surface area contributed by atoms with Gasteiger partial charge in [-0.15, -0.1) is 35.3 Å². The molecule has 1 aromatic heterocycles. The van der Waals surface area contributed by atoms with Gasteiger partial charge in [-0.3, -0.25) is 4.90 Å². The molecule has 1 aromatic carbocycles. The van der Waals surface area contributed by atoms with Gasteiger partial charge in [0.2, 0.25) is 0 Å². The van der Waals surface area contributed by atoms with E-state index in [1.807, 2.05) is 6.92 Å². The lowest BCUT2D eigenvalue weighted by Gasteiger charge is -2.34. The number of benzene rings is 1. The van der Waals surface area contributed by atoms with E-state index < -0.39 is 0 Å². The Labute approximate surface area is 208 Å². The minimum atomic E-state index is 0. The molecule has 1 fully saturated rings. The van der Waals surface area contributed by atoms with E-state index in [0.29, 0.717) is 6.54 Å². The summed E-state index contributed by atoms with van der Waals surface area (Å²) in [7, 11) is 2.07. The summed E-state index contributed by atoms with van der Waals surface area (Å²) >= 11 is 1.69. The summed E-state index contributed by atoms with van der Waals surface area (Å²) in [5.41, 5.74) is 3.72. The quantitative estimate of drug-likeness (QED) is 0.305. The molecule has 2 heterocycles. The third kappa shape index (κ3) is 8.32. The van der Waals surface area contributed by atoms with Gasteiger partial charge in [-0.2, -0.15) is 0 Å². The van der Waals surface area contributed by atoms with Crippen LogP contribution in [0.15, 0.2) is 34.6 Å². The number of halogens is 1. The van der Waals surface area contributed by atoms with Crippen molar-refractivity contribution >= 4 is 41.3 Å². The minimum absolute atomic E-state index is 0. The number of hydrogen-bond donors (Lipinski definition) is 1. The fourth-order valence-corrected chi connectivity index (χ4v) is 4.31. The SMILES string of the molecule is CCNC(=NCc1ccc(CN2CCN(CC)CC2)cc1)N(C)Cc1csc(C)n1.I. The van der Waals surface area contributed by atoms with E-state index in [0.717, 1.165) is 55.9 Å². The second kappa shape index (κ2) is 13.3. The first-order valence-corrected chi connectivity index (χ1v) is 11.9. The average molecular weight is 557 g/mol. The second-order valence-electron chi connectivity index (χ2n) is 7.91. The Morgan fingerprint density at radius 2 is 1.74 bits per heavy atom. The number of rotatable bonds is 8. The van der Waals surface area contributed by atoms with Crippen molar-refractivity contribution in [1.82, 2.24) is 25.0 Å². The number of guanidine groups is 1. The number of hydrogen-bond acceptors (Lipinski definition) is 5. The molecular weight excluding hydrogens is 519 g/mol. The van der Waals surface area contributed by atoms with E-state index in [4.69, 9.17) is 4.99 Å². The second-order valence-corrected chi connectivity index (χ2v) is 8.97. The molecule has 0 saturated carbocycles. The van der Waals surface area contributed by atoms with Crippen molar-refractivity contribution in [2.75, 3.05) is 46.3 Å². The van der Waals surface area contributed by atoms with Crippen LogP contribution in [-0.4, -0.2) is 72.0 Å². The Morgan fingerprint density at radius 3 is 2.32 bits per heavy atom. The number of piperazine rings is 1. The van der Waals surface area contributed by atoms with Crippen molar-refractivity contribution in [2.24, 2.45) is 4.99 Å². The number of nitrogens with one attached hydrogen (secondary N) is 1. The van der Waals surface area contributed by atoms with E-state index in [9.17, 15) is 0 Å². The molecule has 0 radical (unpaired) electrons. The maximum Gasteiger partial charge on any atom is 0.194 e. The highest BCUT2D eigenvalue weighted by molar-refractivity contribution is 14.0. The van der Waals surface area contributed by atoms with Crippen molar-refractivity contribution in [3.63, 3.8) is 0 Å². The zero-order chi connectivity index (χ0) is 21.3. The molecule has 0 atom stereocenters. The molecule has 8 heteroatoms. The summed E-state index contributed by atoms with van der Waals surface area (Å²) in [4.78, 5) is 16.6. The fraction of sp³-hybridized carbons (Fsp3) is 0.565. The molecule has 6 nitrogen and oxygen atoms in total. The van der Waals surface area contributed by atoms with Crippen LogP contribution in [0.25, 0.3) is 0 Å². The molecule has 1 N–H and O–H groups in total.